The molecule has 7 nitrogen and oxygen atoms in total. The SMILES string of the molecule is CCOc1cc(/C=C2\C(=O)NC(=O)N(c3cccc(Cl)c3C)C2=O)cc(Br)c1OCc1c(C)ccc2ccccc12. The number of anilines is 1. The number of urea groups is 1. The minimum absolute atomic E-state index is 0.210. The van der Waals surface area contributed by atoms with Gasteiger partial charge in [-0.25, -0.2) is 9.69 Å². The first-order valence-electron chi connectivity index (χ1n) is 12.9. The van der Waals surface area contributed by atoms with Crippen LogP contribution in [-0.4, -0.2) is 24.5 Å². The molecule has 4 aromatic carbocycles. The van der Waals surface area contributed by atoms with Crippen LogP contribution in [0.4, 0.5) is 10.5 Å². The van der Waals surface area contributed by atoms with E-state index in [1.54, 1.807) is 37.3 Å². The summed E-state index contributed by atoms with van der Waals surface area (Å²) >= 11 is 9.80. The molecule has 0 unspecified atom stereocenters. The third-order valence-corrected chi connectivity index (χ3v) is 7.86. The fraction of sp³-hybridized carbons (Fsp3) is 0.156. The van der Waals surface area contributed by atoms with Gasteiger partial charge in [-0.2, -0.15) is 0 Å². The summed E-state index contributed by atoms with van der Waals surface area (Å²) in [5, 5.41) is 4.87. The van der Waals surface area contributed by atoms with Crippen molar-refractivity contribution in [2.75, 3.05) is 11.5 Å². The number of barbiturate groups is 1. The molecule has 0 radical (unpaired) electrons. The fourth-order valence-corrected chi connectivity index (χ4v) is 5.48. The van der Waals surface area contributed by atoms with Crippen molar-refractivity contribution in [2.24, 2.45) is 0 Å². The number of hydrogen-bond donors (Lipinski definition) is 1. The second-order valence-corrected chi connectivity index (χ2v) is 10.7. The van der Waals surface area contributed by atoms with E-state index >= 15 is 0 Å². The molecule has 0 bridgehead atoms. The molecule has 0 aromatic heterocycles. The predicted molar refractivity (Wildman–Crippen MR) is 164 cm³/mol. The van der Waals surface area contributed by atoms with Crippen molar-refractivity contribution >= 4 is 67.9 Å². The van der Waals surface area contributed by atoms with Gasteiger partial charge in [0.05, 0.1) is 16.8 Å². The standard InChI is InChI=1S/C32H26BrClN2O5/c1-4-40-28-16-20(14-23-30(37)35-32(39)36(31(23)38)27-11-7-10-26(34)19(27)3)15-25(33)29(28)41-17-24-18(2)12-13-21-8-5-6-9-22(21)24/h5-16H,4,17H2,1-3H3,(H,35,37,39)/b23-14+. The Balaban J connectivity index is 1.49. The molecule has 0 saturated carbocycles. The molecule has 1 fully saturated rings. The maximum absolute atomic E-state index is 13.4. The van der Waals surface area contributed by atoms with E-state index in [0.29, 0.717) is 51.0 Å². The van der Waals surface area contributed by atoms with Gasteiger partial charge < -0.3 is 9.47 Å². The average molecular weight is 634 g/mol. The monoisotopic (exact) mass is 632 g/mol. The van der Waals surface area contributed by atoms with Gasteiger partial charge in [0.1, 0.15) is 12.2 Å². The molecule has 4 amide bonds. The molecule has 1 aliphatic rings. The first-order valence-corrected chi connectivity index (χ1v) is 14.1. The second-order valence-electron chi connectivity index (χ2n) is 9.48. The molecule has 1 N–H and O–H groups in total. The van der Waals surface area contributed by atoms with E-state index in [-0.39, 0.29) is 5.57 Å². The van der Waals surface area contributed by atoms with Gasteiger partial charge in [-0.3, -0.25) is 14.9 Å². The van der Waals surface area contributed by atoms with Crippen molar-refractivity contribution in [1.29, 1.82) is 0 Å². The molecule has 208 valence electrons. The largest absolute Gasteiger partial charge is 0.490 e. The Hall–Kier alpha value is -4.14. The first-order chi connectivity index (χ1) is 19.7. The van der Waals surface area contributed by atoms with Crippen LogP contribution in [0.5, 0.6) is 11.5 Å². The third kappa shape index (κ3) is 5.58. The Labute approximate surface area is 250 Å². The van der Waals surface area contributed by atoms with E-state index < -0.39 is 17.8 Å². The summed E-state index contributed by atoms with van der Waals surface area (Å²) < 4.78 is 12.8. The number of ether oxygens (including phenoxy) is 2. The van der Waals surface area contributed by atoms with E-state index in [0.717, 1.165) is 26.8 Å². The number of nitrogens with one attached hydrogen (secondary N) is 1. The molecule has 0 spiro atoms. The quantitative estimate of drug-likeness (QED) is 0.168. The number of aryl methyl sites for hydroxylation is 1. The van der Waals surface area contributed by atoms with Gasteiger partial charge >= 0.3 is 6.03 Å². The maximum Gasteiger partial charge on any atom is 0.335 e. The summed E-state index contributed by atoms with van der Waals surface area (Å²) in [7, 11) is 0. The molecular weight excluding hydrogens is 608 g/mol. The number of imide groups is 2. The lowest BCUT2D eigenvalue weighted by Crippen LogP contribution is -2.54. The van der Waals surface area contributed by atoms with Crippen LogP contribution in [0.15, 0.2) is 76.8 Å². The molecular formula is C32H26BrClN2O5. The summed E-state index contributed by atoms with van der Waals surface area (Å²) in [5.41, 5.74) is 3.30. The lowest BCUT2D eigenvalue weighted by atomic mass is 10.0. The van der Waals surface area contributed by atoms with E-state index in [4.69, 9.17) is 21.1 Å². The highest BCUT2D eigenvalue weighted by molar-refractivity contribution is 9.10. The van der Waals surface area contributed by atoms with Crippen molar-refractivity contribution in [3.05, 3.63) is 104 Å². The summed E-state index contributed by atoms with van der Waals surface area (Å²) in [4.78, 5) is 39.8. The van der Waals surface area contributed by atoms with Crippen LogP contribution in [0.25, 0.3) is 16.8 Å². The Kier molecular flexibility index (Phi) is 8.15. The molecule has 0 atom stereocenters. The fourth-order valence-electron chi connectivity index (χ4n) is 4.74. The van der Waals surface area contributed by atoms with Crippen molar-refractivity contribution in [3.8, 4) is 11.5 Å². The lowest BCUT2D eigenvalue weighted by molar-refractivity contribution is -0.122. The number of carbonyl (C=O) groups excluding carboxylic acids is 3. The lowest BCUT2D eigenvalue weighted by Gasteiger charge is -2.27. The molecule has 1 saturated heterocycles. The maximum atomic E-state index is 13.4. The molecule has 4 aromatic rings. The molecule has 1 aliphatic heterocycles. The van der Waals surface area contributed by atoms with E-state index in [2.05, 4.69) is 45.5 Å². The summed E-state index contributed by atoms with van der Waals surface area (Å²) in [5.74, 6) is -0.622. The normalized spacial score (nSPS) is 14.5. The Morgan fingerprint density at radius 2 is 1.76 bits per heavy atom. The number of amides is 4. The number of rotatable bonds is 7. The number of hydrogen-bond acceptors (Lipinski definition) is 5. The van der Waals surface area contributed by atoms with Crippen molar-refractivity contribution < 1.29 is 23.9 Å². The smallest absolute Gasteiger partial charge is 0.335 e. The van der Waals surface area contributed by atoms with E-state index in [1.807, 2.05) is 26.0 Å². The molecule has 9 heteroatoms. The highest BCUT2D eigenvalue weighted by atomic mass is 79.9. The summed E-state index contributed by atoms with van der Waals surface area (Å²) in [6.45, 7) is 6.27. The highest BCUT2D eigenvalue weighted by Crippen LogP contribution is 2.39. The average Bonchev–Trinajstić information content (AvgIpc) is 2.94. The van der Waals surface area contributed by atoms with E-state index in [1.165, 1.54) is 6.08 Å². The Morgan fingerprint density at radius 1 is 0.976 bits per heavy atom. The number of benzene rings is 4. The predicted octanol–water partition coefficient (Wildman–Crippen LogP) is 7.52. The zero-order chi connectivity index (χ0) is 29.3. The number of carbonyl (C=O) groups is 3. The van der Waals surface area contributed by atoms with Gasteiger partial charge in [-0.15, -0.1) is 0 Å². The van der Waals surface area contributed by atoms with E-state index in [9.17, 15) is 14.4 Å². The summed E-state index contributed by atoms with van der Waals surface area (Å²) in [6, 6.07) is 19.8. The van der Waals surface area contributed by atoms with Gasteiger partial charge in [0.25, 0.3) is 11.8 Å². The first kappa shape index (κ1) is 28.4. The Morgan fingerprint density at radius 3 is 2.54 bits per heavy atom. The zero-order valence-electron chi connectivity index (χ0n) is 22.6. The number of fused-ring (bicyclic) bond motifs is 1. The second kappa shape index (κ2) is 11.8. The number of halogens is 2. The summed E-state index contributed by atoms with van der Waals surface area (Å²) in [6.07, 6.45) is 1.42. The third-order valence-electron chi connectivity index (χ3n) is 6.86. The zero-order valence-corrected chi connectivity index (χ0v) is 24.9. The minimum atomic E-state index is -0.842. The van der Waals surface area contributed by atoms with Crippen LogP contribution >= 0.6 is 27.5 Å². The van der Waals surface area contributed by atoms with Gasteiger partial charge in [0.15, 0.2) is 11.5 Å². The molecule has 1 heterocycles. The van der Waals surface area contributed by atoms with Gasteiger partial charge in [0, 0.05) is 10.6 Å². The molecule has 41 heavy (non-hydrogen) atoms. The van der Waals surface area contributed by atoms with Crippen LogP contribution in [0.3, 0.4) is 0 Å². The highest BCUT2D eigenvalue weighted by Gasteiger charge is 2.37. The molecule has 5 rings (SSSR count). The van der Waals surface area contributed by atoms with Crippen molar-refractivity contribution in [3.63, 3.8) is 0 Å². The van der Waals surface area contributed by atoms with Crippen LogP contribution in [0, 0.1) is 13.8 Å². The minimum Gasteiger partial charge on any atom is -0.490 e. The van der Waals surface area contributed by atoms with Gasteiger partial charge in [-0.05, 0) is 94.5 Å². The van der Waals surface area contributed by atoms with Crippen LogP contribution in [0.2, 0.25) is 5.02 Å². The molecule has 0 aliphatic carbocycles. The topological polar surface area (TPSA) is 84.9 Å². The van der Waals surface area contributed by atoms with Crippen LogP contribution < -0.4 is 19.7 Å². The van der Waals surface area contributed by atoms with Crippen LogP contribution in [0.1, 0.15) is 29.2 Å². The number of nitrogens with zero attached hydrogens (tertiary/aromatic N) is 1. The van der Waals surface area contributed by atoms with Crippen LogP contribution in [-0.2, 0) is 16.2 Å². The van der Waals surface area contributed by atoms with Gasteiger partial charge in [-0.1, -0.05) is 54.1 Å². The Bertz CT molecular complexity index is 1750. The van der Waals surface area contributed by atoms with Crippen molar-refractivity contribution in [1.82, 2.24) is 5.32 Å². The van der Waals surface area contributed by atoms with Crippen molar-refractivity contribution in [2.45, 2.75) is 27.4 Å². The van der Waals surface area contributed by atoms with Gasteiger partial charge in [0.2, 0.25) is 0 Å².